The number of nitrogens with zero attached hydrogens (tertiary/aromatic N) is 2. The van der Waals surface area contributed by atoms with Gasteiger partial charge in [-0.15, -0.1) is 0 Å². The van der Waals surface area contributed by atoms with Crippen LogP contribution in [-0.2, 0) is 14.4 Å². The lowest BCUT2D eigenvalue weighted by Crippen LogP contribution is -2.50. The van der Waals surface area contributed by atoms with Crippen LogP contribution in [0.15, 0.2) is 30.3 Å². The number of piperazine rings is 1. The molecule has 3 amide bonds. The van der Waals surface area contributed by atoms with E-state index in [2.05, 4.69) is 12.2 Å². The smallest absolute Gasteiger partial charge is 0.223 e. The van der Waals surface area contributed by atoms with Gasteiger partial charge in [0.25, 0.3) is 0 Å². The van der Waals surface area contributed by atoms with Crippen molar-refractivity contribution in [2.75, 3.05) is 26.2 Å². The van der Waals surface area contributed by atoms with Crippen molar-refractivity contribution in [3.8, 4) is 0 Å². The predicted molar refractivity (Wildman–Crippen MR) is 100 cm³/mol. The van der Waals surface area contributed by atoms with Crippen molar-refractivity contribution in [1.29, 1.82) is 0 Å². The first kappa shape index (κ1) is 19.9. The number of rotatable bonds is 7. The Morgan fingerprint density at radius 3 is 2.19 bits per heavy atom. The van der Waals surface area contributed by atoms with E-state index >= 15 is 0 Å². The minimum Gasteiger partial charge on any atom is -0.349 e. The Bertz CT molecular complexity index is 610. The van der Waals surface area contributed by atoms with E-state index in [4.69, 9.17) is 0 Å². The van der Waals surface area contributed by atoms with E-state index in [1.165, 1.54) is 0 Å². The molecule has 0 bridgehead atoms. The van der Waals surface area contributed by atoms with Gasteiger partial charge in [-0.3, -0.25) is 14.4 Å². The van der Waals surface area contributed by atoms with Crippen molar-refractivity contribution >= 4 is 17.7 Å². The number of nitrogens with one attached hydrogen (secondary N) is 1. The second-order valence-corrected chi connectivity index (χ2v) is 6.71. The van der Waals surface area contributed by atoms with Gasteiger partial charge in [-0.1, -0.05) is 43.7 Å². The molecule has 1 heterocycles. The molecule has 1 aromatic rings. The van der Waals surface area contributed by atoms with Crippen LogP contribution in [-0.4, -0.2) is 53.7 Å². The predicted octanol–water partition coefficient (Wildman–Crippen LogP) is 2.11. The average Bonchev–Trinajstić information content (AvgIpc) is 2.66. The summed E-state index contributed by atoms with van der Waals surface area (Å²) >= 11 is 0. The standard InChI is InChI=1S/C20H29N3O3/c1-3-7-18(17-8-5-4-6-9-17)21-19(25)10-11-20(26)23-14-12-22(13-15-23)16(2)24/h4-6,8-9,18H,3,7,10-15H2,1-2H3,(H,21,25). The Morgan fingerprint density at radius 1 is 1.00 bits per heavy atom. The van der Waals surface area contributed by atoms with Crippen LogP contribution >= 0.6 is 0 Å². The molecule has 6 heteroatoms. The highest BCUT2D eigenvalue weighted by Crippen LogP contribution is 2.18. The minimum absolute atomic E-state index is 0.0112. The molecule has 2 rings (SSSR count). The fourth-order valence-corrected chi connectivity index (χ4v) is 3.21. The van der Waals surface area contributed by atoms with Crippen LogP contribution in [0.4, 0.5) is 0 Å². The van der Waals surface area contributed by atoms with Gasteiger partial charge in [-0.25, -0.2) is 0 Å². The van der Waals surface area contributed by atoms with Crippen molar-refractivity contribution in [3.05, 3.63) is 35.9 Å². The lowest BCUT2D eigenvalue weighted by molar-refractivity contribution is -0.139. The van der Waals surface area contributed by atoms with E-state index in [0.29, 0.717) is 26.2 Å². The zero-order valence-corrected chi connectivity index (χ0v) is 15.7. The molecule has 0 saturated carbocycles. The highest BCUT2D eigenvalue weighted by molar-refractivity contribution is 5.84. The Hall–Kier alpha value is -2.37. The molecule has 1 N–H and O–H groups in total. The molecule has 26 heavy (non-hydrogen) atoms. The molecule has 1 saturated heterocycles. The number of hydrogen-bond donors (Lipinski definition) is 1. The number of carbonyl (C=O) groups is 3. The van der Waals surface area contributed by atoms with Gasteiger partial charge in [0.15, 0.2) is 0 Å². The summed E-state index contributed by atoms with van der Waals surface area (Å²) in [6, 6.07) is 9.91. The van der Waals surface area contributed by atoms with Crippen LogP contribution in [0.3, 0.4) is 0 Å². The van der Waals surface area contributed by atoms with E-state index in [1.54, 1.807) is 16.7 Å². The monoisotopic (exact) mass is 359 g/mol. The summed E-state index contributed by atoms with van der Waals surface area (Å²) in [4.78, 5) is 39.4. The van der Waals surface area contributed by atoms with E-state index in [0.717, 1.165) is 18.4 Å². The maximum Gasteiger partial charge on any atom is 0.223 e. The zero-order chi connectivity index (χ0) is 18.9. The molecule has 1 aromatic carbocycles. The van der Waals surface area contributed by atoms with Gasteiger partial charge < -0.3 is 15.1 Å². The number of benzene rings is 1. The fourth-order valence-electron chi connectivity index (χ4n) is 3.21. The molecule has 1 unspecified atom stereocenters. The molecule has 6 nitrogen and oxygen atoms in total. The topological polar surface area (TPSA) is 69.7 Å². The summed E-state index contributed by atoms with van der Waals surface area (Å²) in [7, 11) is 0. The van der Waals surface area contributed by atoms with Crippen molar-refractivity contribution in [3.63, 3.8) is 0 Å². The number of carbonyl (C=O) groups excluding carboxylic acids is 3. The first-order chi connectivity index (χ1) is 12.5. The molecule has 1 atom stereocenters. The van der Waals surface area contributed by atoms with E-state index in [1.807, 2.05) is 30.3 Å². The normalized spacial score (nSPS) is 15.5. The third kappa shape index (κ3) is 5.86. The third-order valence-electron chi connectivity index (χ3n) is 4.76. The summed E-state index contributed by atoms with van der Waals surface area (Å²) < 4.78 is 0. The SMILES string of the molecule is CCCC(NC(=O)CCC(=O)N1CCN(C(C)=O)CC1)c1ccccc1. The van der Waals surface area contributed by atoms with Crippen LogP contribution in [0.2, 0.25) is 0 Å². The zero-order valence-electron chi connectivity index (χ0n) is 15.7. The molecular weight excluding hydrogens is 330 g/mol. The Balaban J connectivity index is 1.78. The van der Waals surface area contributed by atoms with Crippen molar-refractivity contribution < 1.29 is 14.4 Å². The molecule has 0 radical (unpaired) electrons. The highest BCUT2D eigenvalue weighted by Gasteiger charge is 2.23. The van der Waals surface area contributed by atoms with Crippen molar-refractivity contribution in [2.24, 2.45) is 0 Å². The van der Waals surface area contributed by atoms with Gasteiger partial charge in [0.1, 0.15) is 0 Å². The van der Waals surface area contributed by atoms with Gasteiger partial charge >= 0.3 is 0 Å². The van der Waals surface area contributed by atoms with Gasteiger partial charge in [-0.2, -0.15) is 0 Å². The molecule has 0 spiro atoms. The molecule has 1 fully saturated rings. The van der Waals surface area contributed by atoms with Crippen LogP contribution in [0.1, 0.15) is 51.1 Å². The van der Waals surface area contributed by atoms with Gasteiger partial charge in [-0.05, 0) is 12.0 Å². The van der Waals surface area contributed by atoms with Crippen LogP contribution in [0.5, 0.6) is 0 Å². The van der Waals surface area contributed by atoms with Crippen molar-refractivity contribution in [2.45, 2.75) is 45.6 Å². The first-order valence-corrected chi connectivity index (χ1v) is 9.38. The summed E-state index contributed by atoms with van der Waals surface area (Å²) in [5, 5.41) is 3.05. The van der Waals surface area contributed by atoms with Crippen molar-refractivity contribution in [1.82, 2.24) is 15.1 Å². The van der Waals surface area contributed by atoms with Crippen LogP contribution in [0.25, 0.3) is 0 Å². The second kappa shape index (κ2) is 9.94. The summed E-state index contributed by atoms with van der Waals surface area (Å²) in [5.41, 5.74) is 1.09. The van der Waals surface area contributed by atoms with E-state index < -0.39 is 0 Å². The van der Waals surface area contributed by atoms with Gasteiger partial charge in [0.2, 0.25) is 17.7 Å². The Morgan fingerprint density at radius 2 is 1.62 bits per heavy atom. The maximum atomic E-state index is 12.3. The molecule has 0 aliphatic carbocycles. The average molecular weight is 359 g/mol. The molecule has 0 aromatic heterocycles. The minimum atomic E-state index is -0.0944. The first-order valence-electron chi connectivity index (χ1n) is 9.38. The quantitative estimate of drug-likeness (QED) is 0.811. The summed E-state index contributed by atoms with van der Waals surface area (Å²) in [5.74, 6) is -0.0718. The third-order valence-corrected chi connectivity index (χ3v) is 4.76. The highest BCUT2D eigenvalue weighted by atomic mass is 16.2. The lowest BCUT2D eigenvalue weighted by atomic mass is 10.0. The van der Waals surface area contributed by atoms with Crippen LogP contribution in [0, 0.1) is 0 Å². The molecular formula is C20H29N3O3. The Labute approximate surface area is 155 Å². The fraction of sp³-hybridized carbons (Fsp3) is 0.550. The van der Waals surface area contributed by atoms with Gasteiger partial charge in [0, 0.05) is 45.9 Å². The number of amides is 3. The summed E-state index contributed by atoms with van der Waals surface area (Å²) in [6.45, 7) is 5.86. The number of hydrogen-bond acceptors (Lipinski definition) is 3. The largest absolute Gasteiger partial charge is 0.349 e. The second-order valence-electron chi connectivity index (χ2n) is 6.71. The van der Waals surface area contributed by atoms with E-state index in [-0.39, 0.29) is 36.6 Å². The maximum absolute atomic E-state index is 12.3. The molecule has 1 aliphatic rings. The van der Waals surface area contributed by atoms with Crippen LogP contribution < -0.4 is 5.32 Å². The molecule has 142 valence electrons. The van der Waals surface area contributed by atoms with Gasteiger partial charge in [0.05, 0.1) is 6.04 Å². The summed E-state index contributed by atoms with van der Waals surface area (Å²) in [6.07, 6.45) is 2.24. The molecule has 1 aliphatic heterocycles. The Kier molecular flexibility index (Phi) is 7.63. The lowest BCUT2D eigenvalue weighted by Gasteiger charge is -2.34. The van der Waals surface area contributed by atoms with E-state index in [9.17, 15) is 14.4 Å².